The first-order chi connectivity index (χ1) is 11.7. The molecule has 0 aliphatic rings. The second-order valence-electron chi connectivity index (χ2n) is 4.95. The van der Waals surface area contributed by atoms with Gasteiger partial charge in [0.15, 0.2) is 0 Å². The number of carbonyl (C=O) groups excluding carboxylic acids is 1. The largest absolute Gasteiger partial charge is 0.494 e. The van der Waals surface area contributed by atoms with Gasteiger partial charge < -0.3 is 14.8 Å². The monoisotopic (exact) mass is 323 g/mol. The van der Waals surface area contributed by atoms with Crippen LogP contribution >= 0.6 is 0 Å². The lowest BCUT2D eigenvalue weighted by Gasteiger charge is -2.05. The van der Waals surface area contributed by atoms with Crippen molar-refractivity contribution in [1.29, 1.82) is 0 Å². The van der Waals surface area contributed by atoms with Crippen LogP contribution in [0.5, 0.6) is 11.5 Å². The normalized spacial score (nSPS) is 10.4. The topological polar surface area (TPSA) is 47.6 Å². The molecule has 0 heterocycles. The van der Waals surface area contributed by atoms with Gasteiger partial charge in [-0.05, 0) is 55.0 Å². The highest BCUT2D eigenvalue weighted by atomic mass is 16.5. The Balaban J connectivity index is 1.88. The minimum absolute atomic E-state index is 0.191. The predicted octanol–water partition coefficient (Wildman–Crippen LogP) is 4.30. The quantitative estimate of drug-likeness (QED) is 0.582. The van der Waals surface area contributed by atoms with Gasteiger partial charge in [-0.3, -0.25) is 4.79 Å². The molecule has 0 aromatic heterocycles. The summed E-state index contributed by atoms with van der Waals surface area (Å²) < 4.78 is 10.8. The average Bonchev–Trinajstić information content (AvgIpc) is 2.61. The van der Waals surface area contributed by atoms with E-state index in [4.69, 9.17) is 9.47 Å². The minimum atomic E-state index is -0.191. The molecule has 2 aromatic carbocycles. The fourth-order valence-electron chi connectivity index (χ4n) is 1.99. The Labute approximate surface area is 142 Å². The number of ether oxygens (including phenoxy) is 2. The molecule has 4 heteroatoms. The molecular weight excluding hydrogens is 302 g/mol. The van der Waals surface area contributed by atoms with Crippen LogP contribution in [0.15, 0.2) is 67.3 Å². The number of rotatable bonds is 8. The first kappa shape index (κ1) is 17.3. The highest BCUT2D eigenvalue weighted by molar-refractivity contribution is 6.01. The van der Waals surface area contributed by atoms with E-state index in [0.29, 0.717) is 18.9 Å². The number of carbonyl (C=O) groups is 1. The zero-order valence-corrected chi connectivity index (χ0v) is 13.7. The van der Waals surface area contributed by atoms with Crippen LogP contribution in [0.25, 0.3) is 6.08 Å². The van der Waals surface area contributed by atoms with E-state index in [0.717, 1.165) is 17.1 Å². The second-order valence-corrected chi connectivity index (χ2v) is 4.95. The van der Waals surface area contributed by atoms with Crippen molar-refractivity contribution in [2.45, 2.75) is 6.92 Å². The Morgan fingerprint density at radius 3 is 2.29 bits per heavy atom. The van der Waals surface area contributed by atoms with E-state index in [1.165, 1.54) is 6.08 Å². The molecule has 0 spiro atoms. The van der Waals surface area contributed by atoms with Crippen molar-refractivity contribution in [1.82, 2.24) is 0 Å². The molecule has 0 saturated heterocycles. The molecule has 2 aromatic rings. The Bertz CT molecular complexity index is 688. The molecular formula is C20H21NO3. The van der Waals surface area contributed by atoms with Crippen molar-refractivity contribution in [3.63, 3.8) is 0 Å². The molecule has 124 valence electrons. The van der Waals surface area contributed by atoms with Crippen LogP contribution in [0.4, 0.5) is 5.69 Å². The first-order valence-electron chi connectivity index (χ1n) is 7.77. The van der Waals surface area contributed by atoms with Crippen molar-refractivity contribution in [3.8, 4) is 11.5 Å². The Morgan fingerprint density at radius 2 is 1.67 bits per heavy atom. The molecule has 1 amide bonds. The average molecular weight is 323 g/mol. The summed E-state index contributed by atoms with van der Waals surface area (Å²) in [6.07, 6.45) is 4.94. The Hall–Kier alpha value is -3.01. The van der Waals surface area contributed by atoms with Crippen LogP contribution < -0.4 is 14.8 Å². The van der Waals surface area contributed by atoms with Gasteiger partial charge in [-0.2, -0.15) is 0 Å². The van der Waals surface area contributed by atoms with Gasteiger partial charge in [0.25, 0.3) is 0 Å². The summed E-state index contributed by atoms with van der Waals surface area (Å²) in [5, 5.41) is 2.80. The van der Waals surface area contributed by atoms with Gasteiger partial charge in [0, 0.05) is 11.8 Å². The SMILES string of the molecule is C=CCOc1ccc(NC(=O)/C=C/c2ccc(OCC)cc2)cc1. The summed E-state index contributed by atoms with van der Waals surface area (Å²) in [5.41, 5.74) is 1.64. The van der Waals surface area contributed by atoms with E-state index in [1.807, 2.05) is 31.2 Å². The van der Waals surface area contributed by atoms with Gasteiger partial charge in [0.05, 0.1) is 6.61 Å². The van der Waals surface area contributed by atoms with E-state index in [-0.39, 0.29) is 5.91 Å². The summed E-state index contributed by atoms with van der Waals surface area (Å²) in [7, 11) is 0. The number of anilines is 1. The molecule has 0 fully saturated rings. The number of hydrogen-bond donors (Lipinski definition) is 1. The van der Waals surface area contributed by atoms with Crippen LogP contribution in [0.2, 0.25) is 0 Å². The Morgan fingerprint density at radius 1 is 1.04 bits per heavy atom. The first-order valence-corrected chi connectivity index (χ1v) is 7.77. The van der Waals surface area contributed by atoms with E-state index >= 15 is 0 Å². The fraction of sp³-hybridized carbons (Fsp3) is 0.150. The summed E-state index contributed by atoms with van der Waals surface area (Å²) >= 11 is 0. The van der Waals surface area contributed by atoms with Crippen molar-refractivity contribution < 1.29 is 14.3 Å². The third-order valence-corrected chi connectivity index (χ3v) is 3.11. The predicted molar refractivity (Wildman–Crippen MR) is 97.4 cm³/mol. The molecule has 4 nitrogen and oxygen atoms in total. The van der Waals surface area contributed by atoms with Gasteiger partial charge in [0.1, 0.15) is 18.1 Å². The maximum Gasteiger partial charge on any atom is 0.248 e. The smallest absolute Gasteiger partial charge is 0.248 e. The lowest BCUT2D eigenvalue weighted by molar-refractivity contribution is -0.111. The molecule has 0 unspecified atom stereocenters. The van der Waals surface area contributed by atoms with Crippen LogP contribution in [-0.4, -0.2) is 19.1 Å². The molecule has 0 atom stereocenters. The van der Waals surface area contributed by atoms with Crippen LogP contribution in [0.3, 0.4) is 0 Å². The Kier molecular flexibility index (Phi) is 6.65. The van der Waals surface area contributed by atoms with Gasteiger partial charge in [-0.25, -0.2) is 0 Å². The molecule has 0 saturated carbocycles. The van der Waals surface area contributed by atoms with Gasteiger partial charge in [0.2, 0.25) is 5.91 Å². The fourth-order valence-corrected chi connectivity index (χ4v) is 1.99. The number of benzene rings is 2. The number of nitrogens with one attached hydrogen (secondary N) is 1. The molecule has 0 aliphatic heterocycles. The van der Waals surface area contributed by atoms with E-state index in [9.17, 15) is 4.79 Å². The van der Waals surface area contributed by atoms with Crippen molar-refractivity contribution in [2.24, 2.45) is 0 Å². The zero-order valence-electron chi connectivity index (χ0n) is 13.7. The lowest BCUT2D eigenvalue weighted by atomic mass is 10.2. The maximum atomic E-state index is 11.9. The molecule has 2 rings (SSSR count). The van der Waals surface area contributed by atoms with Crippen molar-refractivity contribution in [2.75, 3.05) is 18.5 Å². The molecule has 1 N–H and O–H groups in total. The zero-order chi connectivity index (χ0) is 17.2. The van der Waals surface area contributed by atoms with Crippen molar-refractivity contribution in [3.05, 3.63) is 72.8 Å². The molecule has 24 heavy (non-hydrogen) atoms. The van der Waals surface area contributed by atoms with E-state index in [1.54, 1.807) is 36.4 Å². The number of hydrogen-bond acceptors (Lipinski definition) is 3. The van der Waals surface area contributed by atoms with Gasteiger partial charge in [-0.15, -0.1) is 0 Å². The van der Waals surface area contributed by atoms with Gasteiger partial charge in [-0.1, -0.05) is 24.8 Å². The van der Waals surface area contributed by atoms with Crippen LogP contribution in [-0.2, 0) is 4.79 Å². The summed E-state index contributed by atoms with van der Waals surface area (Å²) in [4.78, 5) is 11.9. The molecule has 0 bridgehead atoms. The molecule has 0 aliphatic carbocycles. The lowest BCUT2D eigenvalue weighted by Crippen LogP contribution is -2.07. The third-order valence-electron chi connectivity index (χ3n) is 3.11. The summed E-state index contributed by atoms with van der Waals surface area (Å²) in [6.45, 7) is 6.63. The highest BCUT2D eigenvalue weighted by Gasteiger charge is 1.99. The van der Waals surface area contributed by atoms with Gasteiger partial charge >= 0.3 is 0 Å². The van der Waals surface area contributed by atoms with E-state index in [2.05, 4.69) is 11.9 Å². The van der Waals surface area contributed by atoms with E-state index < -0.39 is 0 Å². The second kappa shape index (κ2) is 9.20. The minimum Gasteiger partial charge on any atom is -0.494 e. The third kappa shape index (κ3) is 5.65. The summed E-state index contributed by atoms with van der Waals surface area (Å²) in [5.74, 6) is 1.36. The summed E-state index contributed by atoms with van der Waals surface area (Å²) in [6, 6.07) is 14.7. The molecule has 0 radical (unpaired) electrons. The van der Waals surface area contributed by atoms with Crippen molar-refractivity contribution >= 4 is 17.7 Å². The highest BCUT2D eigenvalue weighted by Crippen LogP contribution is 2.16. The number of amides is 1. The maximum absolute atomic E-state index is 11.9. The standard InChI is InChI=1S/C20H21NO3/c1-3-15-24-19-12-8-17(9-13-19)21-20(22)14-7-16-5-10-18(11-6-16)23-4-2/h3,5-14H,1,4,15H2,2H3,(H,21,22)/b14-7+. The van der Waals surface area contributed by atoms with Crippen LogP contribution in [0, 0.1) is 0 Å². The van der Waals surface area contributed by atoms with Crippen LogP contribution in [0.1, 0.15) is 12.5 Å².